The van der Waals surface area contributed by atoms with Crippen molar-refractivity contribution >= 4 is 17.7 Å². The number of nitrogens with one attached hydrogen (secondary N) is 1. The van der Waals surface area contributed by atoms with Crippen molar-refractivity contribution in [2.75, 3.05) is 7.11 Å². The largest absolute Gasteiger partial charge is 0.480 e. The summed E-state index contributed by atoms with van der Waals surface area (Å²) >= 11 is 0. The molecule has 22 heavy (non-hydrogen) atoms. The number of amides is 1. The van der Waals surface area contributed by atoms with Crippen molar-refractivity contribution < 1.29 is 24.2 Å². The predicted octanol–water partition coefficient (Wildman–Crippen LogP) is 1.70. The van der Waals surface area contributed by atoms with Crippen LogP contribution in [0.25, 0.3) is 0 Å². The third-order valence-corrected chi connectivity index (χ3v) is 3.30. The molecule has 0 unspecified atom stereocenters. The summed E-state index contributed by atoms with van der Waals surface area (Å²) in [6.07, 6.45) is -0.342. The molecule has 1 amide bonds. The predicted molar refractivity (Wildman–Crippen MR) is 80.3 cm³/mol. The fourth-order valence-corrected chi connectivity index (χ4v) is 2.01. The molecular weight excluding hydrogens is 286 g/mol. The Balaban J connectivity index is 2.73. The van der Waals surface area contributed by atoms with Crippen molar-refractivity contribution in [2.24, 2.45) is 0 Å². The Morgan fingerprint density at radius 2 is 1.86 bits per heavy atom. The van der Waals surface area contributed by atoms with Gasteiger partial charge in [-0.25, -0.2) is 4.79 Å². The van der Waals surface area contributed by atoms with Crippen LogP contribution >= 0.6 is 0 Å². The van der Waals surface area contributed by atoms with E-state index in [1.165, 1.54) is 7.11 Å². The van der Waals surface area contributed by atoms with Gasteiger partial charge in [0.15, 0.2) is 6.10 Å². The molecular formula is C16H21NO5. The smallest absolute Gasteiger partial charge is 0.326 e. The quantitative estimate of drug-likeness (QED) is 0.724. The van der Waals surface area contributed by atoms with Crippen LogP contribution in [0.3, 0.4) is 0 Å². The molecule has 0 aliphatic rings. The molecule has 120 valence electrons. The number of carbonyl (C=O) groups is 3. The second-order valence-electron chi connectivity index (χ2n) is 4.86. The van der Waals surface area contributed by atoms with Gasteiger partial charge in [0, 0.05) is 20.0 Å². The van der Waals surface area contributed by atoms with Gasteiger partial charge in [-0.1, -0.05) is 37.3 Å². The van der Waals surface area contributed by atoms with Gasteiger partial charge in [-0.05, 0) is 12.0 Å². The molecule has 1 aromatic carbocycles. The molecule has 1 aromatic rings. The molecule has 2 N–H and O–H groups in total. The summed E-state index contributed by atoms with van der Waals surface area (Å²) in [6.45, 7) is 1.72. The van der Waals surface area contributed by atoms with E-state index >= 15 is 0 Å². The van der Waals surface area contributed by atoms with E-state index in [-0.39, 0.29) is 18.6 Å². The zero-order chi connectivity index (χ0) is 16.5. The van der Waals surface area contributed by atoms with E-state index in [4.69, 9.17) is 9.84 Å². The van der Waals surface area contributed by atoms with Gasteiger partial charge in [0.25, 0.3) is 5.91 Å². The molecule has 0 bridgehead atoms. The average molecular weight is 307 g/mol. The number of carboxylic acids is 1. The van der Waals surface area contributed by atoms with Crippen molar-refractivity contribution in [1.29, 1.82) is 0 Å². The van der Waals surface area contributed by atoms with E-state index in [9.17, 15) is 14.4 Å². The van der Waals surface area contributed by atoms with Crippen LogP contribution in [0.4, 0.5) is 0 Å². The lowest BCUT2D eigenvalue weighted by molar-refractivity contribution is -0.144. The molecule has 0 saturated heterocycles. The first kappa shape index (κ1) is 17.8. The van der Waals surface area contributed by atoms with Crippen LogP contribution in [0.1, 0.15) is 37.9 Å². The van der Waals surface area contributed by atoms with Gasteiger partial charge in [-0.15, -0.1) is 0 Å². The van der Waals surface area contributed by atoms with Gasteiger partial charge in [0.05, 0.1) is 0 Å². The van der Waals surface area contributed by atoms with Crippen molar-refractivity contribution in [3.05, 3.63) is 35.9 Å². The van der Waals surface area contributed by atoms with Gasteiger partial charge >= 0.3 is 5.97 Å². The van der Waals surface area contributed by atoms with Crippen LogP contribution in [-0.4, -0.2) is 35.9 Å². The standard InChI is InChI=1S/C16H21NO5/c1-3-12(18)9-10-13(16(20)21)17-15(19)14(22-2)11-7-5-4-6-8-11/h4-8,13-14H,3,9-10H2,1-2H3,(H,17,19)(H,20,21)/t13-,14-/m0/s1. The van der Waals surface area contributed by atoms with E-state index in [0.29, 0.717) is 12.0 Å². The van der Waals surface area contributed by atoms with Crippen LogP contribution < -0.4 is 5.32 Å². The maximum absolute atomic E-state index is 12.2. The number of ether oxygens (including phenoxy) is 1. The molecule has 2 atom stereocenters. The number of hydrogen-bond acceptors (Lipinski definition) is 4. The lowest BCUT2D eigenvalue weighted by Gasteiger charge is -2.19. The monoisotopic (exact) mass is 307 g/mol. The van der Waals surface area contributed by atoms with E-state index in [1.54, 1.807) is 31.2 Å². The second kappa shape index (κ2) is 8.94. The minimum atomic E-state index is -1.17. The molecule has 0 aliphatic carbocycles. The van der Waals surface area contributed by atoms with Crippen LogP contribution in [0.5, 0.6) is 0 Å². The maximum atomic E-state index is 12.2. The molecule has 1 rings (SSSR count). The van der Waals surface area contributed by atoms with Crippen molar-refractivity contribution in [1.82, 2.24) is 5.32 Å². The van der Waals surface area contributed by atoms with Gasteiger partial charge < -0.3 is 15.2 Å². The van der Waals surface area contributed by atoms with Crippen LogP contribution in [0.15, 0.2) is 30.3 Å². The lowest BCUT2D eigenvalue weighted by atomic mass is 10.1. The fourth-order valence-electron chi connectivity index (χ4n) is 2.01. The van der Waals surface area contributed by atoms with E-state index in [1.807, 2.05) is 6.07 Å². The third kappa shape index (κ3) is 5.29. The molecule has 0 aromatic heterocycles. The number of methoxy groups -OCH3 is 1. The first-order valence-electron chi connectivity index (χ1n) is 7.12. The molecule has 0 aliphatic heterocycles. The number of rotatable bonds is 9. The van der Waals surface area contributed by atoms with Gasteiger partial charge in [-0.3, -0.25) is 9.59 Å². The number of hydrogen-bond donors (Lipinski definition) is 2. The van der Waals surface area contributed by atoms with Gasteiger partial charge in [0.1, 0.15) is 11.8 Å². The highest BCUT2D eigenvalue weighted by molar-refractivity contribution is 5.87. The topological polar surface area (TPSA) is 92.7 Å². The normalized spacial score (nSPS) is 13.2. The fraction of sp³-hybridized carbons (Fsp3) is 0.438. The summed E-state index contributed by atoms with van der Waals surface area (Å²) in [6, 6.07) is 7.69. The highest BCUT2D eigenvalue weighted by Crippen LogP contribution is 2.17. The molecule has 6 heteroatoms. The summed E-state index contributed by atoms with van der Waals surface area (Å²) < 4.78 is 5.15. The lowest BCUT2D eigenvalue weighted by Crippen LogP contribution is -2.43. The number of carbonyl (C=O) groups excluding carboxylic acids is 2. The summed E-state index contributed by atoms with van der Waals surface area (Å²) in [7, 11) is 1.38. The SMILES string of the molecule is CCC(=O)CC[C@H](NC(=O)[C@@H](OC)c1ccccc1)C(=O)O. The average Bonchev–Trinajstić information content (AvgIpc) is 2.52. The Labute approximate surface area is 129 Å². The molecule has 0 radical (unpaired) electrons. The number of Topliss-reactive ketones (excluding diaryl/α,β-unsaturated/α-hetero) is 1. The minimum Gasteiger partial charge on any atom is -0.480 e. The Morgan fingerprint density at radius 3 is 2.36 bits per heavy atom. The third-order valence-electron chi connectivity index (χ3n) is 3.30. The van der Waals surface area contributed by atoms with E-state index < -0.39 is 24.0 Å². The molecule has 0 heterocycles. The zero-order valence-corrected chi connectivity index (χ0v) is 12.7. The second-order valence-corrected chi connectivity index (χ2v) is 4.86. The Kier molecular flexibility index (Phi) is 7.25. The van der Waals surface area contributed by atoms with E-state index in [0.717, 1.165) is 0 Å². The summed E-state index contributed by atoms with van der Waals surface area (Å²) in [5.41, 5.74) is 0.635. The molecule has 0 spiro atoms. The number of aliphatic carboxylic acids is 1. The molecule has 6 nitrogen and oxygen atoms in total. The Hall–Kier alpha value is -2.21. The first-order valence-corrected chi connectivity index (χ1v) is 7.12. The number of benzene rings is 1. The number of ketones is 1. The van der Waals surface area contributed by atoms with Crippen LogP contribution in [0, 0.1) is 0 Å². The highest BCUT2D eigenvalue weighted by atomic mass is 16.5. The Morgan fingerprint density at radius 1 is 1.23 bits per heavy atom. The van der Waals surface area contributed by atoms with Crippen molar-refractivity contribution in [3.8, 4) is 0 Å². The first-order chi connectivity index (χ1) is 10.5. The van der Waals surface area contributed by atoms with E-state index in [2.05, 4.69) is 5.32 Å². The molecule has 0 saturated carbocycles. The summed E-state index contributed by atoms with van der Waals surface area (Å²) in [5, 5.41) is 11.6. The van der Waals surface area contributed by atoms with Crippen LogP contribution in [-0.2, 0) is 19.1 Å². The van der Waals surface area contributed by atoms with Crippen LogP contribution in [0.2, 0.25) is 0 Å². The maximum Gasteiger partial charge on any atom is 0.326 e. The summed E-state index contributed by atoms with van der Waals surface area (Å²) in [4.78, 5) is 34.7. The van der Waals surface area contributed by atoms with Crippen molar-refractivity contribution in [2.45, 2.75) is 38.3 Å². The Bertz CT molecular complexity index is 515. The number of carboxylic acid groups (broad SMARTS) is 1. The van der Waals surface area contributed by atoms with Gasteiger partial charge in [-0.2, -0.15) is 0 Å². The molecule has 0 fully saturated rings. The van der Waals surface area contributed by atoms with Crippen molar-refractivity contribution in [3.63, 3.8) is 0 Å². The van der Waals surface area contributed by atoms with Gasteiger partial charge in [0.2, 0.25) is 0 Å². The highest BCUT2D eigenvalue weighted by Gasteiger charge is 2.26. The summed E-state index contributed by atoms with van der Waals surface area (Å²) in [5.74, 6) is -1.74. The zero-order valence-electron chi connectivity index (χ0n) is 12.7. The minimum absolute atomic E-state index is 0.0353.